The number of aliphatic imine (C=N–C) groups is 1. The lowest BCUT2D eigenvalue weighted by Gasteiger charge is -2.11. The number of nitrogens with zero attached hydrogens (tertiary/aromatic N) is 3. The van der Waals surface area contributed by atoms with Crippen molar-refractivity contribution in [2.45, 2.75) is 33.0 Å². The van der Waals surface area contributed by atoms with E-state index in [4.69, 9.17) is 5.73 Å². The number of rotatable bonds is 6. The van der Waals surface area contributed by atoms with Gasteiger partial charge in [0.1, 0.15) is 0 Å². The number of imidazole rings is 1. The summed E-state index contributed by atoms with van der Waals surface area (Å²) in [7, 11) is 0. The Balaban J connectivity index is 0.00000261. The van der Waals surface area contributed by atoms with E-state index in [2.05, 4.69) is 62.3 Å². The van der Waals surface area contributed by atoms with E-state index in [0.29, 0.717) is 12.5 Å². The molecule has 0 atom stereocenters. The first-order valence-electron chi connectivity index (χ1n) is 8.81. The predicted octanol–water partition coefficient (Wildman–Crippen LogP) is 4.03. The Morgan fingerprint density at radius 3 is 2.56 bits per heavy atom. The Labute approximate surface area is 177 Å². The molecular formula is C21H26IN5. The first kappa shape index (κ1) is 21.0. The maximum absolute atomic E-state index is 5.93. The Morgan fingerprint density at radius 2 is 1.89 bits per heavy atom. The molecule has 142 valence electrons. The minimum Gasteiger partial charge on any atom is -0.370 e. The lowest BCUT2D eigenvalue weighted by molar-refractivity contribution is 0.723. The van der Waals surface area contributed by atoms with Crippen LogP contribution in [-0.2, 0) is 13.1 Å². The summed E-state index contributed by atoms with van der Waals surface area (Å²) in [5.41, 5.74) is 10.7. The third-order valence-electron chi connectivity index (χ3n) is 4.06. The van der Waals surface area contributed by atoms with Gasteiger partial charge in [0.2, 0.25) is 0 Å². The van der Waals surface area contributed by atoms with E-state index >= 15 is 0 Å². The predicted molar refractivity (Wildman–Crippen MR) is 122 cm³/mol. The van der Waals surface area contributed by atoms with E-state index < -0.39 is 0 Å². The van der Waals surface area contributed by atoms with Gasteiger partial charge in [0, 0.05) is 25.0 Å². The Bertz CT molecular complexity index is 855. The Hall–Kier alpha value is -2.35. The normalized spacial score (nSPS) is 11.3. The minimum atomic E-state index is 0. The van der Waals surface area contributed by atoms with Gasteiger partial charge in [0.05, 0.1) is 12.9 Å². The van der Waals surface area contributed by atoms with Crippen LogP contribution in [0.1, 0.15) is 25.0 Å². The quantitative estimate of drug-likeness (QED) is 0.322. The van der Waals surface area contributed by atoms with Crippen molar-refractivity contribution in [2.24, 2.45) is 10.7 Å². The molecular weight excluding hydrogens is 449 g/mol. The fraction of sp³-hybridized carbons (Fsp3) is 0.238. The SMILES string of the molecule is CC(C)NC(N)=NCc1ccccc1-c1ccc(Cn2ccnc2)cc1.I. The number of hydrogen-bond acceptors (Lipinski definition) is 2. The van der Waals surface area contributed by atoms with Crippen LogP contribution >= 0.6 is 24.0 Å². The summed E-state index contributed by atoms with van der Waals surface area (Å²) < 4.78 is 2.06. The van der Waals surface area contributed by atoms with Gasteiger partial charge in [-0.1, -0.05) is 48.5 Å². The van der Waals surface area contributed by atoms with Gasteiger partial charge in [0.15, 0.2) is 5.96 Å². The van der Waals surface area contributed by atoms with Crippen molar-refractivity contribution < 1.29 is 0 Å². The monoisotopic (exact) mass is 475 g/mol. The molecule has 0 aliphatic heterocycles. The number of benzene rings is 2. The molecule has 3 N–H and O–H groups in total. The van der Waals surface area contributed by atoms with E-state index in [9.17, 15) is 0 Å². The zero-order valence-electron chi connectivity index (χ0n) is 15.7. The third-order valence-corrected chi connectivity index (χ3v) is 4.06. The van der Waals surface area contributed by atoms with Crippen LogP contribution in [0, 0.1) is 0 Å². The molecule has 3 rings (SSSR count). The third kappa shape index (κ3) is 6.09. The van der Waals surface area contributed by atoms with Crippen molar-refractivity contribution in [3.8, 4) is 11.1 Å². The molecule has 3 aromatic rings. The molecule has 0 amide bonds. The van der Waals surface area contributed by atoms with E-state index in [0.717, 1.165) is 12.1 Å². The van der Waals surface area contributed by atoms with Crippen molar-refractivity contribution >= 4 is 29.9 Å². The van der Waals surface area contributed by atoms with Crippen LogP contribution in [0.15, 0.2) is 72.2 Å². The molecule has 1 heterocycles. The summed E-state index contributed by atoms with van der Waals surface area (Å²) >= 11 is 0. The molecule has 2 aromatic carbocycles. The number of aromatic nitrogens is 2. The van der Waals surface area contributed by atoms with Gasteiger partial charge in [0.25, 0.3) is 0 Å². The average molecular weight is 475 g/mol. The van der Waals surface area contributed by atoms with E-state index in [1.54, 1.807) is 6.20 Å². The van der Waals surface area contributed by atoms with Crippen molar-refractivity contribution in [1.82, 2.24) is 14.9 Å². The zero-order valence-corrected chi connectivity index (χ0v) is 18.0. The van der Waals surface area contributed by atoms with Crippen LogP contribution in [0.25, 0.3) is 11.1 Å². The molecule has 0 spiro atoms. The molecule has 0 aliphatic rings. The molecule has 0 fully saturated rings. The molecule has 0 aliphatic carbocycles. The lowest BCUT2D eigenvalue weighted by atomic mass is 9.98. The molecule has 1 aromatic heterocycles. The van der Waals surface area contributed by atoms with E-state index in [1.165, 1.54) is 16.7 Å². The van der Waals surface area contributed by atoms with Gasteiger partial charge in [-0.3, -0.25) is 0 Å². The fourth-order valence-electron chi connectivity index (χ4n) is 2.83. The second kappa shape index (κ2) is 10.1. The maximum atomic E-state index is 5.93. The van der Waals surface area contributed by atoms with Crippen molar-refractivity contribution in [1.29, 1.82) is 0 Å². The zero-order chi connectivity index (χ0) is 18.4. The fourth-order valence-corrected chi connectivity index (χ4v) is 2.83. The Morgan fingerprint density at radius 1 is 1.15 bits per heavy atom. The van der Waals surface area contributed by atoms with Gasteiger partial charge in [-0.05, 0) is 36.1 Å². The van der Waals surface area contributed by atoms with Gasteiger partial charge in [-0.15, -0.1) is 24.0 Å². The maximum Gasteiger partial charge on any atom is 0.189 e. The highest BCUT2D eigenvalue weighted by atomic mass is 127. The molecule has 0 saturated carbocycles. The van der Waals surface area contributed by atoms with Crippen LogP contribution in [0.5, 0.6) is 0 Å². The summed E-state index contributed by atoms with van der Waals surface area (Å²) in [5.74, 6) is 0.477. The Kier molecular flexibility index (Phi) is 7.84. The number of nitrogens with two attached hydrogens (primary N) is 1. The highest BCUT2D eigenvalue weighted by Crippen LogP contribution is 2.25. The van der Waals surface area contributed by atoms with Crippen LogP contribution in [0.3, 0.4) is 0 Å². The molecule has 5 nitrogen and oxygen atoms in total. The lowest BCUT2D eigenvalue weighted by Crippen LogP contribution is -2.36. The van der Waals surface area contributed by atoms with Crippen LogP contribution in [0.4, 0.5) is 0 Å². The second-order valence-electron chi connectivity index (χ2n) is 6.59. The number of nitrogens with one attached hydrogen (secondary N) is 1. The first-order chi connectivity index (χ1) is 12.6. The van der Waals surface area contributed by atoms with Gasteiger partial charge in [-0.2, -0.15) is 0 Å². The van der Waals surface area contributed by atoms with E-state index in [-0.39, 0.29) is 30.0 Å². The summed E-state index contributed by atoms with van der Waals surface area (Å²) in [6.07, 6.45) is 5.60. The molecule has 0 unspecified atom stereocenters. The molecule has 0 radical (unpaired) electrons. The topological polar surface area (TPSA) is 68.2 Å². The average Bonchev–Trinajstić information content (AvgIpc) is 3.13. The molecule has 0 saturated heterocycles. The standard InChI is InChI=1S/C21H25N5.HI/c1-16(2)25-21(22)24-13-19-5-3-4-6-20(19)18-9-7-17(8-10-18)14-26-12-11-23-15-26;/h3-12,15-16H,13-14H2,1-2H3,(H3,22,24,25);1H. The van der Waals surface area contributed by atoms with Crippen molar-refractivity contribution in [2.75, 3.05) is 0 Å². The van der Waals surface area contributed by atoms with Crippen LogP contribution in [-0.4, -0.2) is 21.6 Å². The minimum absolute atomic E-state index is 0. The highest BCUT2D eigenvalue weighted by molar-refractivity contribution is 14.0. The van der Waals surface area contributed by atoms with Crippen molar-refractivity contribution in [3.63, 3.8) is 0 Å². The van der Waals surface area contributed by atoms with E-state index in [1.807, 2.05) is 32.4 Å². The second-order valence-corrected chi connectivity index (χ2v) is 6.59. The largest absolute Gasteiger partial charge is 0.370 e. The highest BCUT2D eigenvalue weighted by Gasteiger charge is 2.05. The number of hydrogen-bond donors (Lipinski definition) is 2. The van der Waals surface area contributed by atoms with Crippen LogP contribution < -0.4 is 11.1 Å². The number of halogens is 1. The van der Waals surface area contributed by atoms with Gasteiger partial charge >= 0.3 is 0 Å². The first-order valence-corrected chi connectivity index (χ1v) is 8.81. The summed E-state index contributed by atoms with van der Waals surface area (Å²) in [4.78, 5) is 8.54. The van der Waals surface area contributed by atoms with Crippen molar-refractivity contribution in [3.05, 3.63) is 78.4 Å². The summed E-state index contributed by atoms with van der Waals surface area (Å²) in [6, 6.07) is 17.2. The molecule has 6 heteroatoms. The summed E-state index contributed by atoms with van der Waals surface area (Å²) in [6.45, 7) is 5.46. The molecule has 0 bridgehead atoms. The van der Waals surface area contributed by atoms with Gasteiger partial charge in [-0.25, -0.2) is 9.98 Å². The molecule has 27 heavy (non-hydrogen) atoms. The van der Waals surface area contributed by atoms with Crippen LogP contribution in [0.2, 0.25) is 0 Å². The number of guanidine groups is 1. The summed E-state index contributed by atoms with van der Waals surface area (Å²) in [5, 5.41) is 3.12. The smallest absolute Gasteiger partial charge is 0.189 e. The van der Waals surface area contributed by atoms with Gasteiger partial charge < -0.3 is 15.6 Å².